The molecule has 1 fully saturated rings. The molecule has 0 radical (unpaired) electrons. The van der Waals surface area contributed by atoms with Crippen LogP contribution in [0.3, 0.4) is 0 Å². The van der Waals surface area contributed by atoms with E-state index in [-0.39, 0.29) is 18.0 Å². The maximum Gasteiger partial charge on any atom is 0.273 e. The van der Waals surface area contributed by atoms with Crippen LogP contribution in [-0.4, -0.2) is 45.0 Å². The first kappa shape index (κ1) is 19.9. The fourth-order valence-electron chi connectivity index (χ4n) is 3.37. The molecule has 152 valence electrons. The van der Waals surface area contributed by atoms with Crippen LogP contribution >= 0.6 is 23.1 Å². The molecule has 1 saturated heterocycles. The van der Waals surface area contributed by atoms with Crippen LogP contribution in [0.25, 0.3) is 10.3 Å². The highest BCUT2D eigenvalue weighted by Gasteiger charge is 2.19. The van der Waals surface area contributed by atoms with Crippen molar-refractivity contribution in [1.29, 1.82) is 0 Å². The van der Waals surface area contributed by atoms with Gasteiger partial charge in [-0.3, -0.25) is 14.2 Å². The van der Waals surface area contributed by atoms with Gasteiger partial charge < -0.3 is 10.2 Å². The summed E-state index contributed by atoms with van der Waals surface area (Å²) in [6, 6.07) is 5.95. The summed E-state index contributed by atoms with van der Waals surface area (Å²) in [5, 5.41) is 3.79. The number of benzene rings is 1. The minimum Gasteiger partial charge on any atom is -0.346 e. The van der Waals surface area contributed by atoms with Gasteiger partial charge in [-0.2, -0.15) is 16.7 Å². The van der Waals surface area contributed by atoms with Crippen LogP contribution in [0, 0.1) is 6.92 Å². The minimum atomic E-state index is -0.241. The number of anilines is 2. The van der Waals surface area contributed by atoms with Crippen LogP contribution in [0.4, 0.5) is 10.8 Å². The number of aromatic nitrogens is 3. The quantitative estimate of drug-likeness (QED) is 0.672. The number of fused-ring (bicyclic) bond motifs is 1. The molecule has 1 amide bonds. The lowest BCUT2D eigenvalue weighted by Gasteiger charge is -2.25. The molecule has 1 aliphatic heterocycles. The normalized spacial score (nSPS) is 14.3. The van der Waals surface area contributed by atoms with Crippen LogP contribution in [0.1, 0.15) is 18.1 Å². The van der Waals surface area contributed by atoms with Gasteiger partial charge in [0.15, 0.2) is 10.8 Å². The summed E-state index contributed by atoms with van der Waals surface area (Å²) in [7, 11) is 0. The number of carbonyl (C=O) groups is 1. The largest absolute Gasteiger partial charge is 0.346 e. The molecule has 0 atom stereocenters. The molecule has 4 rings (SSSR count). The first-order valence-corrected chi connectivity index (χ1v) is 11.6. The third-order valence-electron chi connectivity index (χ3n) is 4.97. The lowest BCUT2D eigenvalue weighted by molar-refractivity contribution is -0.116. The Bertz CT molecular complexity index is 1100. The molecule has 0 spiro atoms. The fourth-order valence-corrected chi connectivity index (χ4v) is 5.30. The van der Waals surface area contributed by atoms with E-state index in [0.29, 0.717) is 10.3 Å². The monoisotopic (exact) mass is 429 g/mol. The van der Waals surface area contributed by atoms with Gasteiger partial charge in [0, 0.05) is 30.3 Å². The Kier molecular flexibility index (Phi) is 5.86. The number of para-hydroxylation sites is 1. The van der Waals surface area contributed by atoms with Crippen molar-refractivity contribution >= 4 is 50.2 Å². The Balaban J connectivity index is 1.56. The van der Waals surface area contributed by atoms with Gasteiger partial charge in [-0.05, 0) is 24.5 Å². The van der Waals surface area contributed by atoms with E-state index in [1.807, 2.05) is 36.9 Å². The molecule has 7 nitrogen and oxygen atoms in total. The van der Waals surface area contributed by atoms with Gasteiger partial charge in [0.05, 0.1) is 0 Å². The van der Waals surface area contributed by atoms with E-state index in [4.69, 9.17) is 0 Å². The lowest BCUT2D eigenvalue weighted by Crippen LogP contribution is -2.32. The van der Waals surface area contributed by atoms with Gasteiger partial charge in [-0.1, -0.05) is 36.5 Å². The highest BCUT2D eigenvalue weighted by Crippen LogP contribution is 2.27. The van der Waals surface area contributed by atoms with Gasteiger partial charge in [-0.15, -0.1) is 0 Å². The van der Waals surface area contributed by atoms with E-state index >= 15 is 0 Å². The van der Waals surface area contributed by atoms with E-state index in [0.717, 1.165) is 53.0 Å². The maximum atomic E-state index is 12.9. The van der Waals surface area contributed by atoms with Gasteiger partial charge in [0.2, 0.25) is 5.91 Å². The summed E-state index contributed by atoms with van der Waals surface area (Å²) in [5.74, 6) is 1.88. The Morgan fingerprint density at radius 3 is 2.83 bits per heavy atom. The topological polar surface area (TPSA) is 80.1 Å². The smallest absolute Gasteiger partial charge is 0.273 e. The van der Waals surface area contributed by atoms with E-state index < -0.39 is 0 Å². The van der Waals surface area contributed by atoms with Gasteiger partial charge in [0.25, 0.3) is 5.56 Å². The van der Waals surface area contributed by atoms with Crippen molar-refractivity contribution in [2.45, 2.75) is 26.8 Å². The predicted molar refractivity (Wildman–Crippen MR) is 120 cm³/mol. The zero-order valence-electron chi connectivity index (χ0n) is 16.5. The average molecular weight is 430 g/mol. The van der Waals surface area contributed by atoms with E-state index in [2.05, 4.69) is 27.1 Å². The molecule has 1 aromatic carbocycles. The van der Waals surface area contributed by atoms with Crippen molar-refractivity contribution in [2.75, 3.05) is 34.8 Å². The Morgan fingerprint density at radius 1 is 1.28 bits per heavy atom. The number of nitrogens with one attached hydrogen (secondary N) is 1. The Morgan fingerprint density at radius 2 is 2.07 bits per heavy atom. The van der Waals surface area contributed by atoms with Crippen molar-refractivity contribution in [1.82, 2.24) is 14.5 Å². The Labute approximate surface area is 177 Å². The molecule has 0 unspecified atom stereocenters. The molecule has 3 heterocycles. The van der Waals surface area contributed by atoms with Crippen LogP contribution in [0.2, 0.25) is 0 Å². The summed E-state index contributed by atoms with van der Waals surface area (Å²) in [6.45, 7) is 5.79. The number of hydrogen-bond donors (Lipinski definition) is 1. The molecule has 0 aliphatic carbocycles. The fraction of sp³-hybridized carbons (Fsp3) is 0.400. The van der Waals surface area contributed by atoms with Gasteiger partial charge in [0.1, 0.15) is 17.6 Å². The second-order valence-electron chi connectivity index (χ2n) is 6.94. The Hall–Kier alpha value is -2.39. The van der Waals surface area contributed by atoms with E-state index in [1.54, 1.807) is 0 Å². The zero-order valence-corrected chi connectivity index (χ0v) is 18.1. The lowest BCUT2D eigenvalue weighted by atomic mass is 10.1. The highest BCUT2D eigenvalue weighted by molar-refractivity contribution is 7.99. The van der Waals surface area contributed by atoms with E-state index in [1.165, 1.54) is 22.2 Å². The molecular weight excluding hydrogens is 406 g/mol. The zero-order chi connectivity index (χ0) is 20.4. The molecule has 29 heavy (non-hydrogen) atoms. The summed E-state index contributed by atoms with van der Waals surface area (Å²) < 4.78 is 1.86. The number of hydrogen-bond acceptors (Lipinski definition) is 7. The third kappa shape index (κ3) is 4.16. The summed E-state index contributed by atoms with van der Waals surface area (Å²) in [5.41, 5.74) is 3.14. The van der Waals surface area contributed by atoms with Crippen LogP contribution in [-0.2, 0) is 17.8 Å². The second kappa shape index (κ2) is 8.54. The maximum absolute atomic E-state index is 12.9. The number of amides is 1. The van der Waals surface area contributed by atoms with Crippen LogP contribution in [0.15, 0.2) is 29.3 Å². The molecule has 1 aliphatic rings. The van der Waals surface area contributed by atoms with Gasteiger partial charge >= 0.3 is 0 Å². The van der Waals surface area contributed by atoms with Crippen molar-refractivity contribution in [2.24, 2.45) is 0 Å². The average Bonchev–Trinajstić information content (AvgIpc) is 3.17. The predicted octanol–water partition coefficient (Wildman–Crippen LogP) is 2.92. The SMILES string of the molecule is CCc1cccc(C)c1NC(=O)Cn1cnc2nc(N3CCSCC3)sc2c1=O. The standard InChI is InChI=1S/C20H23N5O2S2/c1-3-14-6-4-5-13(2)16(14)22-15(26)11-25-12-21-18-17(19(25)27)29-20(23-18)24-7-9-28-10-8-24/h4-6,12H,3,7-11H2,1-2H3,(H,22,26). The first-order chi connectivity index (χ1) is 14.1. The van der Waals surface area contributed by atoms with E-state index in [9.17, 15) is 9.59 Å². The van der Waals surface area contributed by atoms with Crippen molar-refractivity contribution < 1.29 is 4.79 Å². The van der Waals surface area contributed by atoms with Gasteiger partial charge in [-0.25, -0.2) is 4.98 Å². The minimum absolute atomic E-state index is 0.0765. The molecular formula is C20H23N5O2S2. The molecule has 2 aromatic heterocycles. The summed E-state index contributed by atoms with van der Waals surface area (Å²) >= 11 is 3.29. The summed E-state index contributed by atoms with van der Waals surface area (Å²) in [4.78, 5) is 36.6. The van der Waals surface area contributed by atoms with Crippen LogP contribution in [0.5, 0.6) is 0 Å². The van der Waals surface area contributed by atoms with Crippen molar-refractivity contribution in [3.05, 3.63) is 46.0 Å². The number of rotatable bonds is 5. The van der Waals surface area contributed by atoms with Crippen molar-refractivity contribution in [3.8, 4) is 0 Å². The first-order valence-electron chi connectivity index (χ1n) is 9.64. The molecule has 0 bridgehead atoms. The summed E-state index contributed by atoms with van der Waals surface area (Å²) in [6.07, 6.45) is 2.24. The molecule has 1 N–H and O–H groups in total. The highest BCUT2D eigenvalue weighted by atomic mass is 32.2. The number of nitrogens with zero attached hydrogens (tertiary/aromatic N) is 4. The number of carbonyl (C=O) groups excluding carboxylic acids is 1. The third-order valence-corrected chi connectivity index (χ3v) is 7.01. The molecule has 0 saturated carbocycles. The second-order valence-corrected chi connectivity index (χ2v) is 9.14. The number of thiazole rings is 1. The number of thioether (sulfide) groups is 1. The molecule has 9 heteroatoms. The van der Waals surface area contributed by atoms with Crippen LogP contribution < -0.4 is 15.8 Å². The van der Waals surface area contributed by atoms with Crippen molar-refractivity contribution in [3.63, 3.8) is 0 Å². The number of aryl methyl sites for hydroxylation is 2. The molecule has 3 aromatic rings.